The number of nitrogens with zero attached hydrogens (tertiary/aromatic N) is 5. The minimum absolute atomic E-state index is 0.251. The zero-order valence-corrected chi connectivity index (χ0v) is 14.0. The van der Waals surface area contributed by atoms with Crippen LogP contribution in [-0.2, 0) is 6.54 Å². The molecule has 26 heavy (non-hydrogen) atoms. The summed E-state index contributed by atoms with van der Waals surface area (Å²) in [5.74, 6) is 0.930. The number of halogens is 1. The highest BCUT2D eigenvalue weighted by atomic mass is 19.1. The first kappa shape index (κ1) is 15.1. The van der Waals surface area contributed by atoms with E-state index < -0.39 is 0 Å². The largest absolute Gasteiger partial charge is 0.242 e. The minimum Gasteiger partial charge on any atom is -0.242 e. The molecule has 128 valence electrons. The molecule has 5 nitrogen and oxygen atoms in total. The van der Waals surface area contributed by atoms with Gasteiger partial charge in [0.1, 0.15) is 11.5 Å². The summed E-state index contributed by atoms with van der Waals surface area (Å²) in [6.07, 6.45) is 7.92. The third kappa shape index (κ3) is 2.63. The summed E-state index contributed by atoms with van der Waals surface area (Å²) < 4.78 is 15.8. The van der Waals surface area contributed by atoms with Crippen molar-refractivity contribution < 1.29 is 4.39 Å². The molecule has 0 radical (unpaired) electrons. The number of rotatable bonds is 4. The minimum atomic E-state index is -0.251. The third-order valence-corrected chi connectivity index (χ3v) is 4.72. The first-order valence-electron chi connectivity index (χ1n) is 8.67. The third-order valence-electron chi connectivity index (χ3n) is 4.72. The SMILES string of the molecule is Fc1ccccc1Cn1nc(-c2ncc(C3CC3)cn2)c2cccnc21. The fourth-order valence-corrected chi connectivity index (χ4v) is 3.16. The van der Waals surface area contributed by atoms with Crippen LogP contribution < -0.4 is 0 Å². The topological polar surface area (TPSA) is 56.5 Å². The quantitative estimate of drug-likeness (QED) is 0.562. The number of hydrogen-bond acceptors (Lipinski definition) is 4. The number of fused-ring (bicyclic) bond motifs is 1. The fraction of sp³-hybridized carbons (Fsp3) is 0.200. The molecule has 1 aromatic carbocycles. The van der Waals surface area contributed by atoms with Crippen molar-refractivity contribution >= 4 is 11.0 Å². The van der Waals surface area contributed by atoms with E-state index in [1.165, 1.54) is 24.5 Å². The second-order valence-electron chi connectivity index (χ2n) is 6.59. The van der Waals surface area contributed by atoms with Crippen molar-refractivity contribution in [2.24, 2.45) is 0 Å². The molecule has 0 aliphatic heterocycles. The van der Waals surface area contributed by atoms with E-state index in [2.05, 4.69) is 20.1 Å². The van der Waals surface area contributed by atoms with E-state index in [1.54, 1.807) is 23.0 Å². The lowest BCUT2D eigenvalue weighted by molar-refractivity contribution is 0.589. The maximum atomic E-state index is 14.0. The number of aromatic nitrogens is 5. The molecular formula is C20H16FN5. The van der Waals surface area contributed by atoms with Crippen LogP contribution in [0.4, 0.5) is 4.39 Å². The van der Waals surface area contributed by atoms with Crippen molar-refractivity contribution in [3.05, 3.63) is 71.9 Å². The lowest BCUT2D eigenvalue weighted by Gasteiger charge is -2.04. The zero-order chi connectivity index (χ0) is 17.5. The Labute approximate surface area is 149 Å². The molecule has 1 aliphatic rings. The molecule has 0 amide bonds. The molecule has 6 heteroatoms. The normalized spacial score (nSPS) is 14.0. The van der Waals surface area contributed by atoms with Crippen LogP contribution in [0.25, 0.3) is 22.6 Å². The smallest absolute Gasteiger partial charge is 0.180 e. The summed E-state index contributed by atoms with van der Waals surface area (Å²) in [7, 11) is 0. The van der Waals surface area contributed by atoms with Crippen LogP contribution in [0.1, 0.15) is 29.9 Å². The Bertz CT molecular complexity index is 1080. The molecule has 0 N–H and O–H groups in total. The molecule has 0 spiro atoms. The van der Waals surface area contributed by atoms with Gasteiger partial charge in [-0.1, -0.05) is 18.2 Å². The lowest BCUT2D eigenvalue weighted by atomic mass is 10.2. The van der Waals surface area contributed by atoms with Crippen molar-refractivity contribution in [2.45, 2.75) is 25.3 Å². The van der Waals surface area contributed by atoms with Crippen LogP contribution in [0.5, 0.6) is 0 Å². The van der Waals surface area contributed by atoms with E-state index in [0.29, 0.717) is 35.2 Å². The highest BCUT2D eigenvalue weighted by Gasteiger charge is 2.24. The van der Waals surface area contributed by atoms with E-state index in [4.69, 9.17) is 0 Å². The van der Waals surface area contributed by atoms with Gasteiger partial charge in [-0.3, -0.25) is 0 Å². The summed E-state index contributed by atoms with van der Waals surface area (Å²) >= 11 is 0. The van der Waals surface area contributed by atoms with E-state index in [-0.39, 0.29) is 5.82 Å². The molecule has 3 aromatic heterocycles. The van der Waals surface area contributed by atoms with Gasteiger partial charge in [-0.25, -0.2) is 24.0 Å². The van der Waals surface area contributed by atoms with Gasteiger partial charge in [-0.05, 0) is 42.5 Å². The second kappa shape index (κ2) is 5.98. The van der Waals surface area contributed by atoms with Crippen molar-refractivity contribution in [3.63, 3.8) is 0 Å². The summed E-state index contributed by atoms with van der Waals surface area (Å²) in [6, 6.07) is 10.5. The van der Waals surface area contributed by atoms with E-state index in [1.807, 2.05) is 30.6 Å². The Morgan fingerprint density at radius 2 is 1.81 bits per heavy atom. The van der Waals surface area contributed by atoms with Crippen LogP contribution in [-0.4, -0.2) is 24.7 Å². The zero-order valence-electron chi connectivity index (χ0n) is 14.0. The summed E-state index contributed by atoms with van der Waals surface area (Å²) in [4.78, 5) is 13.5. The predicted molar refractivity (Wildman–Crippen MR) is 96.0 cm³/mol. The maximum absolute atomic E-state index is 14.0. The first-order chi connectivity index (χ1) is 12.8. The number of hydrogen-bond donors (Lipinski definition) is 0. The van der Waals surface area contributed by atoms with Gasteiger partial charge in [-0.2, -0.15) is 5.10 Å². The Balaban J connectivity index is 1.59. The molecule has 4 aromatic rings. The molecule has 1 fully saturated rings. The summed E-state index contributed by atoms with van der Waals surface area (Å²) in [5, 5.41) is 5.51. The van der Waals surface area contributed by atoms with Crippen LogP contribution in [0.3, 0.4) is 0 Å². The molecule has 5 rings (SSSR count). The van der Waals surface area contributed by atoms with Crippen molar-refractivity contribution in [1.82, 2.24) is 24.7 Å². The predicted octanol–water partition coefficient (Wildman–Crippen LogP) is 3.95. The van der Waals surface area contributed by atoms with Gasteiger partial charge in [0.25, 0.3) is 0 Å². The molecule has 1 aliphatic carbocycles. The number of pyridine rings is 1. The Morgan fingerprint density at radius 1 is 1.00 bits per heavy atom. The average molecular weight is 345 g/mol. The van der Waals surface area contributed by atoms with Crippen LogP contribution in [0.2, 0.25) is 0 Å². The summed E-state index contributed by atoms with van der Waals surface area (Å²) in [6.45, 7) is 0.306. The fourth-order valence-electron chi connectivity index (χ4n) is 3.16. The van der Waals surface area contributed by atoms with Crippen LogP contribution >= 0.6 is 0 Å². The molecule has 0 unspecified atom stereocenters. The number of benzene rings is 1. The van der Waals surface area contributed by atoms with E-state index in [9.17, 15) is 4.39 Å². The van der Waals surface area contributed by atoms with Gasteiger partial charge in [0, 0.05) is 24.2 Å². The second-order valence-corrected chi connectivity index (χ2v) is 6.59. The Kier molecular flexibility index (Phi) is 3.48. The van der Waals surface area contributed by atoms with Gasteiger partial charge in [-0.15, -0.1) is 0 Å². The molecule has 1 saturated carbocycles. The highest BCUT2D eigenvalue weighted by molar-refractivity contribution is 5.89. The van der Waals surface area contributed by atoms with E-state index >= 15 is 0 Å². The Hall–Kier alpha value is -3.15. The molecule has 0 atom stereocenters. The molecule has 3 heterocycles. The van der Waals surface area contributed by atoms with Gasteiger partial charge in [0.05, 0.1) is 11.9 Å². The van der Waals surface area contributed by atoms with Crippen LogP contribution in [0.15, 0.2) is 55.0 Å². The van der Waals surface area contributed by atoms with Gasteiger partial charge in [0.15, 0.2) is 11.5 Å². The van der Waals surface area contributed by atoms with Gasteiger partial charge >= 0.3 is 0 Å². The molecule has 0 bridgehead atoms. The van der Waals surface area contributed by atoms with Crippen molar-refractivity contribution in [3.8, 4) is 11.5 Å². The van der Waals surface area contributed by atoms with Crippen LogP contribution in [0, 0.1) is 5.82 Å². The Morgan fingerprint density at radius 3 is 2.58 bits per heavy atom. The highest BCUT2D eigenvalue weighted by Crippen LogP contribution is 2.39. The average Bonchev–Trinajstić information content (AvgIpc) is 3.47. The van der Waals surface area contributed by atoms with Crippen molar-refractivity contribution in [1.29, 1.82) is 0 Å². The van der Waals surface area contributed by atoms with E-state index in [0.717, 1.165) is 5.39 Å². The van der Waals surface area contributed by atoms with Gasteiger partial charge in [0.2, 0.25) is 0 Å². The van der Waals surface area contributed by atoms with Gasteiger partial charge < -0.3 is 0 Å². The maximum Gasteiger partial charge on any atom is 0.180 e. The monoisotopic (exact) mass is 345 g/mol. The summed E-state index contributed by atoms with van der Waals surface area (Å²) in [5.41, 5.74) is 3.12. The van der Waals surface area contributed by atoms with Crippen molar-refractivity contribution in [2.75, 3.05) is 0 Å². The lowest BCUT2D eigenvalue weighted by Crippen LogP contribution is -2.04. The molecular weight excluding hydrogens is 329 g/mol. The first-order valence-corrected chi connectivity index (χ1v) is 8.67. The molecule has 0 saturated heterocycles. The standard InChI is InChI=1S/C20H16FN5/c21-17-6-2-1-4-14(17)12-26-20-16(5-3-9-22-20)18(25-26)19-23-10-15(11-24-19)13-7-8-13/h1-6,9-11,13H,7-8,12H2.